The van der Waals surface area contributed by atoms with Gasteiger partial charge >= 0.3 is 0 Å². The Kier molecular flexibility index (Phi) is 3.48. The van der Waals surface area contributed by atoms with Crippen LogP contribution in [0.5, 0.6) is 5.75 Å². The second kappa shape index (κ2) is 5.44. The second-order valence-corrected chi connectivity index (χ2v) is 5.27. The number of amides is 1. The van der Waals surface area contributed by atoms with Gasteiger partial charge in [-0.2, -0.15) is 0 Å². The van der Waals surface area contributed by atoms with Crippen LogP contribution in [-0.4, -0.2) is 22.5 Å². The molecular weight excluding hydrogens is 262 g/mol. The molecule has 2 aromatic rings. The molecule has 0 saturated heterocycles. The van der Waals surface area contributed by atoms with Gasteiger partial charge in [0.2, 0.25) is 5.91 Å². The zero-order valence-electron chi connectivity index (χ0n) is 11.7. The molecular formula is C18H17NO2. The molecule has 1 heterocycles. The fourth-order valence-corrected chi connectivity index (χ4v) is 2.93. The summed E-state index contributed by atoms with van der Waals surface area (Å²) in [6, 6.07) is 15.4. The van der Waals surface area contributed by atoms with Gasteiger partial charge in [-0.3, -0.25) is 4.79 Å². The van der Waals surface area contributed by atoms with Crippen molar-refractivity contribution in [1.82, 2.24) is 4.90 Å². The molecule has 2 aromatic carbocycles. The molecule has 106 valence electrons. The lowest BCUT2D eigenvalue weighted by Gasteiger charge is -2.34. The highest BCUT2D eigenvalue weighted by molar-refractivity contribution is 5.87. The zero-order valence-corrected chi connectivity index (χ0v) is 11.7. The van der Waals surface area contributed by atoms with Crippen LogP contribution in [0.4, 0.5) is 0 Å². The summed E-state index contributed by atoms with van der Waals surface area (Å²) in [4.78, 5) is 13.8. The van der Waals surface area contributed by atoms with E-state index in [1.165, 1.54) is 11.6 Å². The van der Waals surface area contributed by atoms with Gasteiger partial charge in [0.1, 0.15) is 5.75 Å². The molecule has 1 aliphatic heterocycles. The van der Waals surface area contributed by atoms with E-state index in [2.05, 4.69) is 12.6 Å². The Hall–Kier alpha value is -2.55. The maximum absolute atomic E-state index is 12.0. The van der Waals surface area contributed by atoms with Crippen molar-refractivity contribution in [2.45, 2.75) is 12.5 Å². The van der Waals surface area contributed by atoms with E-state index in [-0.39, 0.29) is 17.6 Å². The number of fused-ring (bicyclic) bond motifs is 1. The number of rotatable bonds is 2. The second-order valence-electron chi connectivity index (χ2n) is 5.27. The molecule has 0 bridgehead atoms. The Bertz CT molecular complexity index is 693. The minimum atomic E-state index is -0.0605. The van der Waals surface area contributed by atoms with Gasteiger partial charge in [-0.25, -0.2) is 0 Å². The molecule has 3 heteroatoms. The molecule has 21 heavy (non-hydrogen) atoms. The van der Waals surface area contributed by atoms with Crippen molar-refractivity contribution < 1.29 is 9.90 Å². The number of nitrogens with zero attached hydrogens (tertiary/aromatic N) is 1. The number of hydrogen-bond donors (Lipinski definition) is 1. The summed E-state index contributed by atoms with van der Waals surface area (Å²) >= 11 is 0. The lowest BCUT2D eigenvalue weighted by molar-refractivity contribution is -0.127. The molecule has 3 nitrogen and oxygen atoms in total. The van der Waals surface area contributed by atoms with Crippen LogP contribution in [0.25, 0.3) is 0 Å². The Morgan fingerprint density at radius 2 is 2.05 bits per heavy atom. The molecule has 0 radical (unpaired) electrons. The van der Waals surface area contributed by atoms with Gasteiger partial charge in [-0.15, -0.1) is 0 Å². The van der Waals surface area contributed by atoms with E-state index in [0.717, 1.165) is 11.1 Å². The monoisotopic (exact) mass is 279 g/mol. The van der Waals surface area contributed by atoms with Crippen LogP contribution in [0.15, 0.2) is 61.2 Å². The Morgan fingerprint density at radius 3 is 2.81 bits per heavy atom. The molecule has 1 aliphatic rings. The molecule has 3 rings (SSSR count). The largest absolute Gasteiger partial charge is 0.508 e. The molecule has 0 fully saturated rings. The Balaban J connectivity index is 2.05. The molecule has 1 amide bonds. The van der Waals surface area contributed by atoms with Crippen molar-refractivity contribution in [2.24, 2.45) is 0 Å². The molecule has 0 aromatic heterocycles. The van der Waals surface area contributed by atoms with E-state index in [0.29, 0.717) is 13.1 Å². The van der Waals surface area contributed by atoms with Gasteiger partial charge in [0, 0.05) is 19.0 Å². The number of hydrogen-bond acceptors (Lipinski definition) is 2. The van der Waals surface area contributed by atoms with Gasteiger partial charge < -0.3 is 10.0 Å². The lowest BCUT2D eigenvalue weighted by Crippen LogP contribution is -2.37. The first kappa shape index (κ1) is 13.4. The minimum Gasteiger partial charge on any atom is -0.508 e. The van der Waals surface area contributed by atoms with E-state index >= 15 is 0 Å². The number of aromatic hydroxyl groups is 1. The van der Waals surface area contributed by atoms with E-state index in [4.69, 9.17) is 0 Å². The maximum atomic E-state index is 12.0. The molecule has 0 aliphatic carbocycles. The van der Waals surface area contributed by atoms with E-state index in [9.17, 15) is 9.90 Å². The van der Waals surface area contributed by atoms with Gasteiger partial charge in [0.05, 0.1) is 0 Å². The van der Waals surface area contributed by atoms with Crippen molar-refractivity contribution in [3.63, 3.8) is 0 Å². The van der Waals surface area contributed by atoms with Crippen LogP contribution in [0, 0.1) is 0 Å². The van der Waals surface area contributed by atoms with Gasteiger partial charge in [0.15, 0.2) is 0 Å². The van der Waals surface area contributed by atoms with Gasteiger partial charge in [-0.05, 0) is 34.9 Å². The fourth-order valence-electron chi connectivity index (χ4n) is 2.93. The SMILES string of the molecule is C=CC(=O)N1Cc2ccccc2[C@H](c2cccc(O)c2)C1. The molecule has 1 N–H and O–H groups in total. The first-order valence-electron chi connectivity index (χ1n) is 6.97. The third kappa shape index (κ3) is 2.55. The first-order valence-corrected chi connectivity index (χ1v) is 6.97. The van der Waals surface area contributed by atoms with E-state index < -0.39 is 0 Å². The average Bonchev–Trinajstić information content (AvgIpc) is 2.53. The number of benzene rings is 2. The predicted octanol–water partition coefficient (Wildman–Crippen LogP) is 3.05. The van der Waals surface area contributed by atoms with Crippen LogP contribution < -0.4 is 0 Å². The van der Waals surface area contributed by atoms with Gasteiger partial charge in [0.25, 0.3) is 0 Å². The third-order valence-corrected chi connectivity index (χ3v) is 3.95. The molecule has 0 unspecified atom stereocenters. The smallest absolute Gasteiger partial charge is 0.246 e. The van der Waals surface area contributed by atoms with Crippen LogP contribution in [0.1, 0.15) is 22.6 Å². The van der Waals surface area contributed by atoms with E-state index in [1.807, 2.05) is 30.3 Å². The van der Waals surface area contributed by atoms with Crippen LogP contribution in [-0.2, 0) is 11.3 Å². The van der Waals surface area contributed by atoms with Crippen molar-refractivity contribution in [1.29, 1.82) is 0 Å². The average molecular weight is 279 g/mol. The predicted molar refractivity (Wildman–Crippen MR) is 82.0 cm³/mol. The van der Waals surface area contributed by atoms with Crippen LogP contribution in [0.2, 0.25) is 0 Å². The highest BCUT2D eigenvalue weighted by atomic mass is 16.3. The van der Waals surface area contributed by atoms with Crippen molar-refractivity contribution >= 4 is 5.91 Å². The molecule has 0 spiro atoms. The van der Waals surface area contributed by atoms with Crippen molar-refractivity contribution in [2.75, 3.05) is 6.54 Å². The quantitative estimate of drug-likeness (QED) is 0.858. The van der Waals surface area contributed by atoms with E-state index in [1.54, 1.807) is 17.0 Å². The Labute approximate surface area is 124 Å². The summed E-state index contributed by atoms with van der Waals surface area (Å²) in [6.07, 6.45) is 1.35. The number of carbonyl (C=O) groups excluding carboxylic acids is 1. The normalized spacial score (nSPS) is 17.1. The fraction of sp³-hybridized carbons (Fsp3) is 0.167. The van der Waals surface area contributed by atoms with Crippen LogP contribution in [0.3, 0.4) is 0 Å². The van der Waals surface area contributed by atoms with Gasteiger partial charge in [-0.1, -0.05) is 43.0 Å². The number of carbonyl (C=O) groups is 1. The Morgan fingerprint density at radius 1 is 1.24 bits per heavy atom. The zero-order chi connectivity index (χ0) is 14.8. The summed E-state index contributed by atoms with van der Waals surface area (Å²) in [5.41, 5.74) is 3.38. The molecule has 1 atom stereocenters. The topological polar surface area (TPSA) is 40.5 Å². The lowest BCUT2D eigenvalue weighted by atomic mass is 9.84. The summed E-state index contributed by atoms with van der Waals surface area (Å²) < 4.78 is 0. The highest BCUT2D eigenvalue weighted by Gasteiger charge is 2.28. The highest BCUT2D eigenvalue weighted by Crippen LogP contribution is 2.34. The number of phenols is 1. The summed E-state index contributed by atoms with van der Waals surface area (Å²) in [5, 5.41) is 9.72. The summed E-state index contributed by atoms with van der Waals surface area (Å²) in [7, 11) is 0. The summed E-state index contributed by atoms with van der Waals surface area (Å²) in [5.74, 6) is 0.262. The minimum absolute atomic E-state index is 0.0605. The standard InChI is InChI=1S/C18H17NO2/c1-2-18(21)19-11-14-6-3-4-9-16(14)17(12-19)13-7-5-8-15(20)10-13/h2-10,17,20H,1,11-12H2/t17-/m0/s1. The number of phenolic OH excluding ortho intramolecular Hbond substituents is 1. The maximum Gasteiger partial charge on any atom is 0.246 e. The van der Waals surface area contributed by atoms with Crippen molar-refractivity contribution in [3.05, 3.63) is 77.9 Å². The van der Waals surface area contributed by atoms with Crippen LogP contribution >= 0.6 is 0 Å². The third-order valence-electron chi connectivity index (χ3n) is 3.95. The first-order chi connectivity index (χ1) is 10.2. The summed E-state index contributed by atoms with van der Waals surface area (Å²) in [6.45, 7) is 4.78. The van der Waals surface area contributed by atoms with Crippen molar-refractivity contribution in [3.8, 4) is 5.75 Å². The molecule has 0 saturated carbocycles.